The Labute approximate surface area is 160 Å². The van der Waals surface area contributed by atoms with Crippen LogP contribution in [0.2, 0.25) is 5.02 Å². The quantitative estimate of drug-likeness (QED) is 0.860. The van der Waals surface area contributed by atoms with Crippen LogP contribution in [0, 0.1) is 12.3 Å². The molecule has 142 valence electrons. The number of aliphatic hydroxyl groups is 1. The molecule has 3 heterocycles. The van der Waals surface area contributed by atoms with E-state index in [4.69, 9.17) is 11.6 Å². The van der Waals surface area contributed by atoms with Gasteiger partial charge in [-0.05, 0) is 63.5 Å². The summed E-state index contributed by atoms with van der Waals surface area (Å²) in [6.45, 7) is 4.60. The lowest BCUT2D eigenvalue weighted by atomic mass is 9.78. The van der Waals surface area contributed by atoms with Crippen molar-refractivity contribution in [1.82, 2.24) is 9.88 Å². The second-order valence-electron chi connectivity index (χ2n) is 8.31. The van der Waals surface area contributed by atoms with Crippen LogP contribution in [-0.2, 0) is 4.79 Å². The first-order chi connectivity index (χ1) is 12.5. The second kappa shape index (κ2) is 7.01. The fourth-order valence-corrected chi connectivity index (χ4v) is 5.33. The zero-order valence-electron chi connectivity index (χ0n) is 15.5. The number of rotatable bonds is 2. The summed E-state index contributed by atoms with van der Waals surface area (Å²) in [4.78, 5) is 22.3. The highest BCUT2D eigenvalue weighted by atomic mass is 35.5. The fraction of sp³-hybridized carbons (Fsp3) is 0.700. The van der Waals surface area contributed by atoms with Gasteiger partial charge in [0, 0.05) is 31.9 Å². The zero-order chi connectivity index (χ0) is 18.3. The molecule has 1 unspecified atom stereocenters. The first-order valence-corrected chi connectivity index (χ1v) is 10.2. The summed E-state index contributed by atoms with van der Waals surface area (Å²) in [5.41, 5.74) is 0.806. The number of halogens is 1. The van der Waals surface area contributed by atoms with Gasteiger partial charge in [-0.25, -0.2) is 4.98 Å². The lowest BCUT2D eigenvalue weighted by Gasteiger charge is -2.41. The van der Waals surface area contributed by atoms with Gasteiger partial charge in [-0.3, -0.25) is 4.79 Å². The van der Waals surface area contributed by atoms with Crippen molar-refractivity contribution in [3.8, 4) is 0 Å². The van der Waals surface area contributed by atoms with E-state index in [0.29, 0.717) is 17.0 Å². The Morgan fingerprint density at radius 3 is 2.73 bits per heavy atom. The van der Waals surface area contributed by atoms with Gasteiger partial charge in [0.25, 0.3) is 0 Å². The average molecular weight is 378 g/mol. The number of aromatic nitrogens is 1. The van der Waals surface area contributed by atoms with Gasteiger partial charge in [-0.2, -0.15) is 0 Å². The molecule has 1 aliphatic carbocycles. The number of pyridine rings is 1. The molecular weight excluding hydrogens is 350 g/mol. The number of aliphatic hydroxyl groups excluding tert-OH is 1. The van der Waals surface area contributed by atoms with Crippen molar-refractivity contribution in [3.05, 3.63) is 22.8 Å². The van der Waals surface area contributed by atoms with Crippen LogP contribution < -0.4 is 4.90 Å². The number of nitrogens with zero attached hydrogens (tertiary/aromatic N) is 3. The molecule has 1 aromatic rings. The lowest BCUT2D eigenvalue weighted by molar-refractivity contribution is -0.139. The van der Waals surface area contributed by atoms with E-state index in [1.807, 2.05) is 13.0 Å². The molecule has 26 heavy (non-hydrogen) atoms. The molecule has 3 aliphatic rings. The second-order valence-corrected chi connectivity index (χ2v) is 8.75. The van der Waals surface area contributed by atoms with Gasteiger partial charge in [0.05, 0.1) is 16.5 Å². The van der Waals surface area contributed by atoms with Crippen molar-refractivity contribution in [3.63, 3.8) is 0 Å². The summed E-state index contributed by atoms with van der Waals surface area (Å²) in [6.07, 6.45) is 7.96. The van der Waals surface area contributed by atoms with E-state index in [1.165, 1.54) is 0 Å². The molecule has 1 spiro atoms. The molecule has 2 saturated heterocycles. The van der Waals surface area contributed by atoms with Crippen molar-refractivity contribution in [2.45, 2.75) is 64.0 Å². The number of aryl methyl sites for hydroxylation is 1. The standard InChI is InChI=1S/C20H28ClN3O2/c1-14-11-15(21)12-22-18(14)23-9-2-7-20(13-23)8-10-24(19(20)26)16-3-5-17(25)6-4-16/h11-12,16-17,25H,2-10,13H2,1H3/t16-,17+,20?. The monoisotopic (exact) mass is 377 g/mol. The predicted molar refractivity (Wildman–Crippen MR) is 102 cm³/mol. The Morgan fingerprint density at radius 2 is 2.00 bits per heavy atom. The third-order valence-electron chi connectivity index (χ3n) is 6.55. The molecule has 1 aromatic heterocycles. The number of amides is 1. The molecule has 1 amide bonds. The van der Waals surface area contributed by atoms with Gasteiger partial charge >= 0.3 is 0 Å². The number of anilines is 1. The SMILES string of the molecule is Cc1cc(Cl)cnc1N1CCCC2(CCN([C@H]3CC[C@@H](O)CC3)C2=O)C1. The van der Waals surface area contributed by atoms with Crippen LogP contribution in [0.3, 0.4) is 0 Å². The highest BCUT2D eigenvalue weighted by Gasteiger charge is 2.50. The normalized spacial score (nSPS) is 32.5. The third-order valence-corrected chi connectivity index (χ3v) is 6.75. The molecule has 2 aliphatic heterocycles. The van der Waals surface area contributed by atoms with Gasteiger partial charge in [0.15, 0.2) is 0 Å². The molecule has 0 aromatic carbocycles. The summed E-state index contributed by atoms with van der Waals surface area (Å²) in [5.74, 6) is 1.29. The van der Waals surface area contributed by atoms with E-state index >= 15 is 0 Å². The van der Waals surface area contributed by atoms with E-state index in [2.05, 4.69) is 14.8 Å². The first-order valence-electron chi connectivity index (χ1n) is 9.85. The molecule has 3 fully saturated rings. The minimum atomic E-state index is -0.262. The Balaban J connectivity index is 1.50. The highest BCUT2D eigenvalue weighted by Crippen LogP contribution is 2.43. The number of hydrogen-bond acceptors (Lipinski definition) is 4. The molecule has 0 radical (unpaired) electrons. The third kappa shape index (κ3) is 3.20. The molecular formula is C20H28ClN3O2. The van der Waals surface area contributed by atoms with E-state index in [-0.39, 0.29) is 11.5 Å². The Bertz CT molecular complexity index is 690. The Hall–Kier alpha value is -1.33. The number of hydrogen-bond donors (Lipinski definition) is 1. The number of carbonyl (C=O) groups is 1. The van der Waals surface area contributed by atoms with Crippen molar-refractivity contribution in [1.29, 1.82) is 0 Å². The zero-order valence-corrected chi connectivity index (χ0v) is 16.2. The van der Waals surface area contributed by atoms with Crippen molar-refractivity contribution in [2.75, 3.05) is 24.5 Å². The van der Waals surface area contributed by atoms with E-state index in [1.54, 1.807) is 6.20 Å². The maximum atomic E-state index is 13.4. The maximum Gasteiger partial charge on any atom is 0.230 e. The molecule has 5 nitrogen and oxygen atoms in total. The number of likely N-dealkylation sites (tertiary alicyclic amines) is 1. The number of piperidine rings is 1. The molecule has 1 saturated carbocycles. The van der Waals surface area contributed by atoms with Crippen LogP contribution >= 0.6 is 11.6 Å². The van der Waals surface area contributed by atoms with Gasteiger partial charge in [-0.1, -0.05) is 11.6 Å². The molecule has 4 rings (SSSR count). The summed E-state index contributed by atoms with van der Waals surface area (Å²) >= 11 is 6.06. The van der Waals surface area contributed by atoms with Crippen molar-refractivity contribution >= 4 is 23.3 Å². The summed E-state index contributed by atoms with van der Waals surface area (Å²) in [6, 6.07) is 2.26. The predicted octanol–water partition coefficient (Wildman–Crippen LogP) is 3.17. The van der Waals surface area contributed by atoms with Crippen molar-refractivity contribution in [2.24, 2.45) is 5.41 Å². The Morgan fingerprint density at radius 1 is 1.23 bits per heavy atom. The maximum absolute atomic E-state index is 13.4. The fourth-order valence-electron chi connectivity index (χ4n) is 5.12. The van der Waals surface area contributed by atoms with Crippen LogP contribution in [0.1, 0.15) is 50.5 Å². The van der Waals surface area contributed by atoms with Gasteiger partial charge < -0.3 is 14.9 Å². The first kappa shape index (κ1) is 18.1. The van der Waals surface area contributed by atoms with E-state index in [0.717, 1.165) is 76.0 Å². The minimum Gasteiger partial charge on any atom is -0.393 e. The van der Waals surface area contributed by atoms with Crippen LogP contribution in [-0.4, -0.2) is 52.7 Å². The Kier molecular flexibility index (Phi) is 4.86. The van der Waals surface area contributed by atoms with Gasteiger partial charge in [-0.15, -0.1) is 0 Å². The van der Waals surface area contributed by atoms with Crippen LogP contribution in [0.5, 0.6) is 0 Å². The minimum absolute atomic E-state index is 0.179. The average Bonchev–Trinajstić information content (AvgIpc) is 2.92. The molecule has 1 atom stereocenters. The molecule has 6 heteroatoms. The van der Waals surface area contributed by atoms with Crippen LogP contribution in [0.4, 0.5) is 5.82 Å². The van der Waals surface area contributed by atoms with Gasteiger partial charge in [0.1, 0.15) is 5.82 Å². The highest BCUT2D eigenvalue weighted by molar-refractivity contribution is 6.30. The topological polar surface area (TPSA) is 56.7 Å². The number of carbonyl (C=O) groups excluding carboxylic acids is 1. The van der Waals surface area contributed by atoms with E-state index < -0.39 is 0 Å². The molecule has 1 N–H and O–H groups in total. The summed E-state index contributed by atoms with van der Waals surface area (Å²) in [5, 5.41) is 10.4. The van der Waals surface area contributed by atoms with Crippen LogP contribution in [0.25, 0.3) is 0 Å². The van der Waals surface area contributed by atoms with E-state index in [9.17, 15) is 9.90 Å². The smallest absolute Gasteiger partial charge is 0.230 e. The lowest BCUT2D eigenvalue weighted by Crippen LogP contribution is -2.50. The summed E-state index contributed by atoms with van der Waals surface area (Å²) < 4.78 is 0. The molecule has 0 bridgehead atoms. The van der Waals surface area contributed by atoms with Gasteiger partial charge in [0.2, 0.25) is 5.91 Å². The largest absolute Gasteiger partial charge is 0.393 e. The van der Waals surface area contributed by atoms with Crippen molar-refractivity contribution < 1.29 is 9.90 Å². The van der Waals surface area contributed by atoms with Crippen LogP contribution in [0.15, 0.2) is 12.3 Å². The summed E-state index contributed by atoms with van der Waals surface area (Å²) in [7, 11) is 0.